The quantitative estimate of drug-likeness (QED) is 0.710. The van der Waals surface area contributed by atoms with Gasteiger partial charge in [-0.05, 0) is 49.2 Å². The van der Waals surface area contributed by atoms with Crippen molar-refractivity contribution in [1.29, 1.82) is 0 Å². The Morgan fingerprint density at radius 1 is 1.11 bits per heavy atom. The average Bonchev–Trinajstić information content (AvgIpc) is 2.99. The number of carbonyl (C=O) groups is 1. The molecule has 6 heteroatoms. The van der Waals surface area contributed by atoms with Crippen LogP contribution in [0.4, 0.5) is 8.78 Å². The Kier molecular flexibility index (Phi) is 5.26. The lowest BCUT2D eigenvalue weighted by molar-refractivity contribution is 0.0999. The number of amides is 1. The Morgan fingerprint density at radius 2 is 1.85 bits per heavy atom. The predicted molar refractivity (Wildman–Crippen MR) is 99.7 cm³/mol. The van der Waals surface area contributed by atoms with Crippen molar-refractivity contribution in [2.45, 2.75) is 19.9 Å². The third-order valence-electron chi connectivity index (χ3n) is 4.64. The average molecular weight is 370 g/mol. The van der Waals surface area contributed by atoms with Gasteiger partial charge in [-0.2, -0.15) is 0 Å². The molecule has 27 heavy (non-hydrogen) atoms. The van der Waals surface area contributed by atoms with Crippen LogP contribution in [0.5, 0.6) is 5.75 Å². The highest BCUT2D eigenvalue weighted by molar-refractivity contribution is 5.95. The number of halogens is 2. The summed E-state index contributed by atoms with van der Waals surface area (Å²) in [6.07, 6.45) is 0.633. The Morgan fingerprint density at radius 3 is 2.52 bits per heavy atom. The molecule has 1 aromatic heterocycles. The molecule has 0 radical (unpaired) electrons. The van der Waals surface area contributed by atoms with Gasteiger partial charge >= 0.3 is 0 Å². The molecule has 140 valence electrons. The van der Waals surface area contributed by atoms with E-state index in [4.69, 9.17) is 10.5 Å². The van der Waals surface area contributed by atoms with Crippen LogP contribution in [0.3, 0.4) is 0 Å². The van der Waals surface area contributed by atoms with Crippen LogP contribution in [0, 0.1) is 18.6 Å². The molecule has 1 amide bonds. The predicted octanol–water partition coefficient (Wildman–Crippen LogP) is 4.09. The van der Waals surface area contributed by atoms with Gasteiger partial charge in [0, 0.05) is 23.5 Å². The van der Waals surface area contributed by atoms with E-state index in [2.05, 4.69) is 0 Å². The number of aryl methyl sites for hydroxylation is 1. The zero-order valence-corrected chi connectivity index (χ0v) is 15.1. The third-order valence-corrected chi connectivity index (χ3v) is 4.64. The molecule has 3 rings (SSSR count). The lowest BCUT2D eigenvalue weighted by Gasteiger charge is -2.14. The van der Waals surface area contributed by atoms with Crippen LogP contribution < -0.4 is 10.5 Å². The van der Waals surface area contributed by atoms with Crippen molar-refractivity contribution >= 4 is 5.91 Å². The minimum absolute atomic E-state index is 0.356. The van der Waals surface area contributed by atoms with Crippen molar-refractivity contribution in [3.8, 4) is 17.0 Å². The van der Waals surface area contributed by atoms with Gasteiger partial charge in [-0.3, -0.25) is 4.79 Å². The van der Waals surface area contributed by atoms with E-state index in [0.29, 0.717) is 35.5 Å². The molecular formula is C21H20F2N2O2. The van der Waals surface area contributed by atoms with E-state index < -0.39 is 17.5 Å². The van der Waals surface area contributed by atoms with E-state index in [1.165, 1.54) is 6.07 Å². The molecule has 0 saturated carbocycles. The topological polar surface area (TPSA) is 57.2 Å². The van der Waals surface area contributed by atoms with E-state index in [-0.39, 0.29) is 0 Å². The summed E-state index contributed by atoms with van der Waals surface area (Å²) in [6.45, 7) is 2.31. The fourth-order valence-electron chi connectivity index (χ4n) is 3.22. The number of aromatic nitrogens is 1. The van der Waals surface area contributed by atoms with Crippen molar-refractivity contribution in [2.75, 3.05) is 7.11 Å². The van der Waals surface area contributed by atoms with Crippen LogP contribution in [-0.2, 0) is 13.0 Å². The molecule has 0 aliphatic rings. The Hall–Kier alpha value is -3.15. The first-order chi connectivity index (χ1) is 12.9. The second-order valence-corrected chi connectivity index (χ2v) is 6.24. The molecule has 2 aromatic carbocycles. The monoisotopic (exact) mass is 370 g/mol. The molecular weight excluding hydrogens is 350 g/mol. The van der Waals surface area contributed by atoms with Gasteiger partial charge in [0.15, 0.2) is 11.6 Å². The van der Waals surface area contributed by atoms with Gasteiger partial charge in [-0.15, -0.1) is 0 Å². The number of benzene rings is 2. The first-order valence-corrected chi connectivity index (χ1v) is 8.49. The normalized spacial score (nSPS) is 10.8. The van der Waals surface area contributed by atoms with Crippen molar-refractivity contribution < 1.29 is 18.3 Å². The highest BCUT2D eigenvalue weighted by Crippen LogP contribution is 2.28. The van der Waals surface area contributed by atoms with Gasteiger partial charge in [0.05, 0.1) is 12.7 Å². The maximum absolute atomic E-state index is 13.7. The SMILES string of the molecule is COc1ccccc1CCn1c(-c2ccc(F)c(F)c2)cc(C(N)=O)c1C. The highest BCUT2D eigenvalue weighted by Gasteiger charge is 2.18. The van der Waals surface area contributed by atoms with Gasteiger partial charge in [-0.25, -0.2) is 8.78 Å². The van der Waals surface area contributed by atoms with Crippen LogP contribution in [0.25, 0.3) is 11.3 Å². The van der Waals surface area contributed by atoms with Crippen LogP contribution in [-0.4, -0.2) is 17.6 Å². The second-order valence-electron chi connectivity index (χ2n) is 6.24. The molecule has 1 heterocycles. The molecule has 3 aromatic rings. The van der Waals surface area contributed by atoms with Gasteiger partial charge in [-0.1, -0.05) is 18.2 Å². The molecule has 2 N–H and O–H groups in total. The molecule has 0 fully saturated rings. The highest BCUT2D eigenvalue weighted by atomic mass is 19.2. The lowest BCUT2D eigenvalue weighted by atomic mass is 10.1. The zero-order chi connectivity index (χ0) is 19.6. The van der Waals surface area contributed by atoms with E-state index in [9.17, 15) is 13.6 Å². The smallest absolute Gasteiger partial charge is 0.250 e. The largest absolute Gasteiger partial charge is 0.496 e. The maximum atomic E-state index is 13.7. The number of rotatable bonds is 6. The second kappa shape index (κ2) is 7.61. The number of methoxy groups -OCH3 is 1. The fourth-order valence-corrected chi connectivity index (χ4v) is 3.22. The molecule has 0 unspecified atom stereocenters. The zero-order valence-electron chi connectivity index (χ0n) is 15.1. The summed E-state index contributed by atoms with van der Waals surface area (Å²) in [5, 5.41) is 0. The summed E-state index contributed by atoms with van der Waals surface area (Å²) in [4.78, 5) is 11.8. The molecule has 0 saturated heterocycles. The summed E-state index contributed by atoms with van der Waals surface area (Å²) >= 11 is 0. The number of ether oxygens (including phenoxy) is 1. The first kappa shape index (κ1) is 18.6. The Balaban J connectivity index is 2.02. The van der Waals surface area contributed by atoms with Crippen molar-refractivity contribution in [2.24, 2.45) is 5.73 Å². The Labute approximate surface area is 156 Å². The first-order valence-electron chi connectivity index (χ1n) is 8.49. The fraction of sp³-hybridized carbons (Fsp3) is 0.190. The van der Waals surface area contributed by atoms with Crippen molar-refractivity contribution in [3.63, 3.8) is 0 Å². The summed E-state index contributed by atoms with van der Waals surface area (Å²) in [5.41, 5.74) is 8.60. The van der Waals surface area contributed by atoms with Crippen molar-refractivity contribution in [3.05, 3.63) is 77.0 Å². The standard InChI is InChI=1S/C21H20F2N2O2/c1-13-16(21(24)26)12-19(15-7-8-17(22)18(23)11-15)25(13)10-9-14-5-3-4-6-20(14)27-2/h3-8,11-12H,9-10H2,1-2H3,(H2,24,26). The number of para-hydroxylation sites is 1. The molecule has 0 spiro atoms. The molecule has 0 aliphatic heterocycles. The summed E-state index contributed by atoms with van der Waals surface area (Å²) in [7, 11) is 1.61. The number of carbonyl (C=O) groups excluding carboxylic acids is 1. The maximum Gasteiger partial charge on any atom is 0.250 e. The van der Waals surface area contributed by atoms with Crippen LogP contribution in [0.1, 0.15) is 21.6 Å². The van der Waals surface area contributed by atoms with Crippen LogP contribution >= 0.6 is 0 Å². The van der Waals surface area contributed by atoms with E-state index in [1.54, 1.807) is 20.1 Å². The third kappa shape index (κ3) is 3.69. The number of primary amides is 1. The molecule has 0 aliphatic carbocycles. The van der Waals surface area contributed by atoms with Gasteiger partial charge in [0.2, 0.25) is 0 Å². The number of nitrogens with two attached hydrogens (primary N) is 1. The summed E-state index contributed by atoms with van der Waals surface area (Å²) in [6, 6.07) is 12.9. The molecule has 4 nitrogen and oxygen atoms in total. The molecule has 0 bridgehead atoms. The Bertz CT molecular complexity index is 996. The van der Waals surface area contributed by atoms with Gasteiger partial charge in [0.25, 0.3) is 5.91 Å². The number of nitrogens with zero attached hydrogens (tertiary/aromatic N) is 1. The minimum Gasteiger partial charge on any atom is -0.496 e. The van der Waals surface area contributed by atoms with Crippen LogP contribution in [0.2, 0.25) is 0 Å². The van der Waals surface area contributed by atoms with E-state index in [0.717, 1.165) is 23.4 Å². The van der Waals surface area contributed by atoms with E-state index in [1.807, 2.05) is 28.8 Å². The number of hydrogen-bond donors (Lipinski definition) is 1. The minimum atomic E-state index is -0.941. The van der Waals surface area contributed by atoms with Crippen LogP contribution in [0.15, 0.2) is 48.5 Å². The number of hydrogen-bond acceptors (Lipinski definition) is 2. The summed E-state index contributed by atoms with van der Waals surface area (Å²) < 4.78 is 34.3. The summed E-state index contributed by atoms with van der Waals surface area (Å²) in [5.74, 6) is -1.65. The lowest BCUT2D eigenvalue weighted by Crippen LogP contribution is -2.13. The molecule has 0 atom stereocenters. The van der Waals surface area contributed by atoms with Crippen molar-refractivity contribution in [1.82, 2.24) is 4.57 Å². The van der Waals surface area contributed by atoms with E-state index >= 15 is 0 Å². The van der Waals surface area contributed by atoms with Gasteiger partial charge < -0.3 is 15.0 Å². The van der Waals surface area contributed by atoms with Gasteiger partial charge in [0.1, 0.15) is 5.75 Å².